The lowest BCUT2D eigenvalue weighted by molar-refractivity contribution is -0.123. The second-order valence-corrected chi connectivity index (χ2v) is 4.60. The molecule has 1 aromatic heterocycles. The molecule has 2 rings (SSSR count). The SMILES string of the molecule is COc1cc(C)ccc1OCC(=O)NC(C)c1ncn[nH]1. The van der Waals surface area contributed by atoms with Crippen molar-refractivity contribution in [2.45, 2.75) is 19.9 Å². The van der Waals surface area contributed by atoms with E-state index < -0.39 is 0 Å². The van der Waals surface area contributed by atoms with Gasteiger partial charge in [0.05, 0.1) is 13.2 Å². The summed E-state index contributed by atoms with van der Waals surface area (Å²) in [6, 6.07) is 5.27. The number of nitrogens with one attached hydrogen (secondary N) is 2. The lowest BCUT2D eigenvalue weighted by Crippen LogP contribution is -2.31. The summed E-state index contributed by atoms with van der Waals surface area (Å²) in [5, 5.41) is 9.21. The van der Waals surface area contributed by atoms with Crippen LogP contribution in [-0.2, 0) is 4.79 Å². The van der Waals surface area contributed by atoms with Gasteiger partial charge in [0.2, 0.25) is 0 Å². The fraction of sp³-hybridized carbons (Fsp3) is 0.357. The van der Waals surface area contributed by atoms with Crippen molar-refractivity contribution in [3.8, 4) is 11.5 Å². The van der Waals surface area contributed by atoms with E-state index in [4.69, 9.17) is 9.47 Å². The molecule has 0 aliphatic heterocycles. The lowest BCUT2D eigenvalue weighted by atomic mass is 10.2. The first-order valence-electron chi connectivity index (χ1n) is 6.52. The van der Waals surface area contributed by atoms with Gasteiger partial charge in [-0.2, -0.15) is 5.10 Å². The summed E-state index contributed by atoms with van der Waals surface area (Å²) in [5.74, 6) is 1.48. The Morgan fingerprint density at radius 1 is 1.43 bits per heavy atom. The highest BCUT2D eigenvalue weighted by molar-refractivity contribution is 5.78. The molecule has 1 atom stereocenters. The number of carbonyl (C=O) groups excluding carboxylic acids is 1. The van der Waals surface area contributed by atoms with Gasteiger partial charge in [0, 0.05) is 0 Å². The Morgan fingerprint density at radius 3 is 2.90 bits per heavy atom. The van der Waals surface area contributed by atoms with Gasteiger partial charge in [-0.1, -0.05) is 6.07 Å². The molecule has 7 heteroatoms. The van der Waals surface area contributed by atoms with Gasteiger partial charge in [0.25, 0.3) is 5.91 Å². The van der Waals surface area contributed by atoms with E-state index in [1.807, 2.05) is 26.0 Å². The molecule has 0 aliphatic rings. The number of benzene rings is 1. The number of aryl methyl sites for hydroxylation is 1. The van der Waals surface area contributed by atoms with Gasteiger partial charge >= 0.3 is 0 Å². The number of ether oxygens (including phenoxy) is 2. The Morgan fingerprint density at radius 2 is 2.24 bits per heavy atom. The van der Waals surface area contributed by atoms with Crippen LogP contribution in [0.3, 0.4) is 0 Å². The number of rotatable bonds is 6. The third-order valence-electron chi connectivity index (χ3n) is 2.90. The van der Waals surface area contributed by atoms with Crippen molar-refractivity contribution in [2.75, 3.05) is 13.7 Å². The highest BCUT2D eigenvalue weighted by Gasteiger charge is 2.13. The van der Waals surface area contributed by atoms with Gasteiger partial charge in [-0.25, -0.2) is 4.98 Å². The molecular formula is C14H18N4O3. The van der Waals surface area contributed by atoms with Gasteiger partial charge in [0.1, 0.15) is 12.2 Å². The molecule has 0 fully saturated rings. The second kappa shape index (κ2) is 6.74. The summed E-state index contributed by atoms with van der Waals surface area (Å²) >= 11 is 0. The molecule has 0 aliphatic carbocycles. The number of carbonyl (C=O) groups is 1. The van der Waals surface area contributed by atoms with Crippen LogP contribution in [0.15, 0.2) is 24.5 Å². The van der Waals surface area contributed by atoms with E-state index in [9.17, 15) is 4.79 Å². The molecule has 112 valence electrons. The molecule has 7 nitrogen and oxygen atoms in total. The number of amides is 1. The second-order valence-electron chi connectivity index (χ2n) is 4.60. The number of aromatic amines is 1. The zero-order chi connectivity index (χ0) is 15.2. The molecule has 1 aromatic carbocycles. The van der Waals surface area contributed by atoms with Crippen LogP contribution in [0.4, 0.5) is 0 Å². The predicted octanol–water partition coefficient (Wildman–Crippen LogP) is 1.38. The topological polar surface area (TPSA) is 89.1 Å². The molecule has 0 bridgehead atoms. The Bertz CT molecular complexity index is 598. The summed E-state index contributed by atoms with van der Waals surface area (Å²) in [6.45, 7) is 3.67. The van der Waals surface area contributed by atoms with Gasteiger partial charge in [-0.15, -0.1) is 0 Å². The fourth-order valence-electron chi connectivity index (χ4n) is 1.81. The number of aromatic nitrogens is 3. The van der Waals surface area contributed by atoms with E-state index in [0.717, 1.165) is 5.56 Å². The third kappa shape index (κ3) is 3.95. The summed E-state index contributed by atoms with van der Waals surface area (Å²) in [6.07, 6.45) is 1.39. The largest absolute Gasteiger partial charge is 0.493 e. The molecule has 0 saturated carbocycles. The first-order chi connectivity index (χ1) is 10.1. The average molecular weight is 290 g/mol. The van der Waals surface area contributed by atoms with Gasteiger partial charge in [-0.05, 0) is 31.5 Å². The van der Waals surface area contributed by atoms with E-state index in [1.165, 1.54) is 6.33 Å². The van der Waals surface area contributed by atoms with Crippen LogP contribution in [0.2, 0.25) is 0 Å². The molecule has 0 radical (unpaired) electrons. The highest BCUT2D eigenvalue weighted by Crippen LogP contribution is 2.27. The molecule has 1 heterocycles. The molecule has 1 unspecified atom stereocenters. The minimum Gasteiger partial charge on any atom is -0.493 e. The molecule has 21 heavy (non-hydrogen) atoms. The molecule has 2 N–H and O–H groups in total. The number of hydrogen-bond donors (Lipinski definition) is 2. The van der Waals surface area contributed by atoms with E-state index >= 15 is 0 Å². The standard InChI is InChI=1S/C14H18N4O3/c1-9-4-5-11(12(6-9)20-3)21-7-13(19)17-10(2)14-15-8-16-18-14/h4-6,8,10H,7H2,1-3H3,(H,17,19)(H,15,16,18). The number of nitrogens with zero attached hydrogens (tertiary/aromatic N) is 2. The smallest absolute Gasteiger partial charge is 0.258 e. The Labute approximate surface area is 122 Å². The average Bonchev–Trinajstić information content (AvgIpc) is 3.00. The van der Waals surface area contributed by atoms with Gasteiger partial charge in [-0.3, -0.25) is 9.89 Å². The summed E-state index contributed by atoms with van der Waals surface area (Å²) in [7, 11) is 1.56. The van der Waals surface area contributed by atoms with Crippen LogP contribution in [0.25, 0.3) is 0 Å². The van der Waals surface area contributed by atoms with Crippen molar-refractivity contribution >= 4 is 5.91 Å². The predicted molar refractivity (Wildman–Crippen MR) is 76.2 cm³/mol. The van der Waals surface area contributed by atoms with E-state index in [2.05, 4.69) is 20.5 Å². The molecule has 1 amide bonds. The fourth-order valence-corrected chi connectivity index (χ4v) is 1.81. The lowest BCUT2D eigenvalue weighted by Gasteiger charge is -2.13. The maximum absolute atomic E-state index is 11.8. The number of hydrogen-bond acceptors (Lipinski definition) is 5. The molecule has 2 aromatic rings. The van der Waals surface area contributed by atoms with Crippen molar-refractivity contribution in [3.05, 3.63) is 35.9 Å². The maximum atomic E-state index is 11.8. The summed E-state index contributed by atoms with van der Waals surface area (Å²) in [5.41, 5.74) is 1.06. The highest BCUT2D eigenvalue weighted by atomic mass is 16.5. The normalized spacial score (nSPS) is 11.8. The van der Waals surface area contributed by atoms with Crippen molar-refractivity contribution in [3.63, 3.8) is 0 Å². The van der Waals surface area contributed by atoms with Crippen molar-refractivity contribution < 1.29 is 14.3 Å². The quantitative estimate of drug-likeness (QED) is 0.839. The van der Waals surface area contributed by atoms with Crippen LogP contribution in [0, 0.1) is 6.92 Å². The van der Waals surface area contributed by atoms with E-state index in [1.54, 1.807) is 13.2 Å². The minimum absolute atomic E-state index is 0.0993. The third-order valence-corrected chi connectivity index (χ3v) is 2.90. The summed E-state index contributed by atoms with van der Waals surface area (Å²) < 4.78 is 10.7. The van der Waals surface area contributed by atoms with Crippen LogP contribution < -0.4 is 14.8 Å². The Balaban J connectivity index is 1.89. The van der Waals surface area contributed by atoms with Crippen LogP contribution in [0.1, 0.15) is 24.4 Å². The number of methoxy groups -OCH3 is 1. The molecular weight excluding hydrogens is 272 g/mol. The van der Waals surface area contributed by atoms with Crippen molar-refractivity contribution in [2.24, 2.45) is 0 Å². The van der Waals surface area contributed by atoms with E-state index in [-0.39, 0.29) is 18.6 Å². The molecule has 0 saturated heterocycles. The van der Waals surface area contributed by atoms with Gasteiger partial charge in [0.15, 0.2) is 18.1 Å². The Hall–Kier alpha value is -2.57. The molecule has 0 spiro atoms. The van der Waals surface area contributed by atoms with E-state index in [0.29, 0.717) is 17.3 Å². The summed E-state index contributed by atoms with van der Waals surface area (Å²) in [4.78, 5) is 15.8. The monoisotopic (exact) mass is 290 g/mol. The van der Waals surface area contributed by atoms with Crippen molar-refractivity contribution in [1.82, 2.24) is 20.5 Å². The number of H-pyrrole nitrogens is 1. The first-order valence-corrected chi connectivity index (χ1v) is 6.52. The first kappa shape index (κ1) is 14.8. The zero-order valence-corrected chi connectivity index (χ0v) is 12.2. The minimum atomic E-state index is -0.261. The maximum Gasteiger partial charge on any atom is 0.258 e. The van der Waals surface area contributed by atoms with Crippen molar-refractivity contribution in [1.29, 1.82) is 0 Å². The zero-order valence-electron chi connectivity index (χ0n) is 12.2. The van der Waals surface area contributed by atoms with Crippen LogP contribution in [-0.4, -0.2) is 34.8 Å². The van der Waals surface area contributed by atoms with Gasteiger partial charge < -0.3 is 14.8 Å². The van der Waals surface area contributed by atoms with Crippen LogP contribution >= 0.6 is 0 Å². The Kier molecular flexibility index (Phi) is 4.76. The van der Waals surface area contributed by atoms with Crippen LogP contribution in [0.5, 0.6) is 11.5 Å².